The van der Waals surface area contributed by atoms with Crippen molar-refractivity contribution in [2.24, 2.45) is 11.8 Å². The second-order valence-electron chi connectivity index (χ2n) is 5.72. The third-order valence-corrected chi connectivity index (χ3v) is 4.13. The molecule has 0 aromatic heterocycles. The van der Waals surface area contributed by atoms with Gasteiger partial charge in [-0.25, -0.2) is 0 Å². The highest BCUT2D eigenvalue weighted by Gasteiger charge is 2.28. The molecule has 0 spiro atoms. The van der Waals surface area contributed by atoms with Gasteiger partial charge in [0.1, 0.15) is 0 Å². The van der Waals surface area contributed by atoms with Crippen LogP contribution in [0.5, 0.6) is 0 Å². The van der Waals surface area contributed by atoms with Gasteiger partial charge in [0, 0.05) is 24.9 Å². The van der Waals surface area contributed by atoms with Crippen LogP contribution in [0.4, 0.5) is 5.69 Å². The van der Waals surface area contributed by atoms with Gasteiger partial charge in [0.05, 0.1) is 10.7 Å². The monoisotopic (exact) mass is 308 g/mol. The molecule has 0 bridgehead atoms. The van der Waals surface area contributed by atoms with E-state index in [-0.39, 0.29) is 23.7 Å². The lowest BCUT2D eigenvalue weighted by molar-refractivity contribution is -0.137. The van der Waals surface area contributed by atoms with Gasteiger partial charge in [-0.2, -0.15) is 0 Å². The summed E-state index contributed by atoms with van der Waals surface area (Å²) >= 11 is 6.04. The van der Waals surface area contributed by atoms with E-state index in [1.807, 2.05) is 30.9 Å². The quantitative estimate of drug-likeness (QED) is 0.932. The molecule has 5 heteroatoms. The van der Waals surface area contributed by atoms with E-state index >= 15 is 0 Å². The van der Waals surface area contributed by atoms with Crippen LogP contribution in [0.15, 0.2) is 24.3 Å². The Bertz CT molecular complexity index is 523. The molecule has 0 saturated carbocycles. The number of para-hydroxylation sites is 1. The summed E-state index contributed by atoms with van der Waals surface area (Å²) in [5.74, 6) is 0.107. The second-order valence-corrected chi connectivity index (χ2v) is 6.13. The number of nitrogens with one attached hydrogen (secondary N) is 1. The Morgan fingerprint density at radius 1 is 1.24 bits per heavy atom. The summed E-state index contributed by atoms with van der Waals surface area (Å²) in [6, 6.07) is 7.21. The standard InChI is InChI=1S/C16H21ClN2O2/c1-11(2)16(21)19-9-7-12(8-10-19)15(20)18-14-6-4-3-5-13(14)17/h3-6,11-12H,7-10H2,1-2H3,(H,18,20). The molecular formula is C16H21ClN2O2. The smallest absolute Gasteiger partial charge is 0.227 e. The summed E-state index contributed by atoms with van der Waals surface area (Å²) < 4.78 is 0. The molecule has 1 aliphatic rings. The molecule has 2 amide bonds. The molecule has 114 valence electrons. The van der Waals surface area contributed by atoms with E-state index < -0.39 is 0 Å². The van der Waals surface area contributed by atoms with E-state index in [9.17, 15) is 9.59 Å². The fourth-order valence-corrected chi connectivity index (χ4v) is 2.71. The van der Waals surface area contributed by atoms with Crippen molar-refractivity contribution in [1.29, 1.82) is 0 Å². The third kappa shape index (κ3) is 3.97. The van der Waals surface area contributed by atoms with Crippen LogP contribution in [0, 0.1) is 11.8 Å². The Hall–Kier alpha value is -1.55. The largest absolute Gasteiger partial charge is 0.342 e. The summed E-state index contributed by atoms with van der Waals surface area (Å²) in [6.07, 6.45) is 1.41. The fraction of sp³-hybridized carbons (Fsp3) is 0.500. The number of piperidine rings is 1. The molecule has 0 aliphatic carbocycles. The number of benzene rings is 1. The highest BCUT2D eigenvalue weighted by Crippen LogP contribution is 2.24. The Labute approximate surface area is 130 Å². The van der Waals surface area contributed by atoms with Crippen LogP contribution in [0.25, 0.3) is 0 Å². The number of nitrogens with zero attached hydrogens (tertiary/aromatic N) is 1. The lowest BCUT2D eigenvalue weighted by Gasteiger charge is -2.32. The number of carbonyl (C=O) groups is 2. The van der Waals surface area contributed by atoms with Gasteiger partial charge in [0.2, 0.25) is 11.8 Å². The van der Waals surface area contributed by atoms with E-state index in [0.29, 0.717) is 36.6 Å². The van der Waals surface area contributed by atoms with Crippen molar-refractivity contribution in [3.8, 4) is 0 Å². The van der Waals surface area contributed by atoms with Crippen molar-refractivity contribution in [3.63, 3.8) is 0 Å². The van der Waals surface area contributed by atoms with Crippen LogP contribution < -0.4 is 5.32 Å². The van der Waals surface area contributed by atoms with Crippen molar-refractivity contribution >= 4 is 29.1 Å². The molecule has 4 nitrogen and oxygen atoms in total. The first-order valence-corrected chi connectivity index (χ1v) is 7.71. The van der Waals surface area contributed by atoms with Gasteiger partial charge >= 0.3 is 0 Å². The average molecular weight is 309 g/mol. The van der Waals surface area contributed by atoms with E-state index in [1.165, 1.54) is 0 Å². The molecule has 21 heavy (non-hydrogen) atoms. The number of likely N-dealkylation sites (tertiary alicyclic amines) is 1. The summed E-state index contributed by atoms with van der Waals surface area (Å²) in [5, 5.41) is 3.41. The minimum atomic E-state index is -0.0579. The number of halogens is 1. The predicted octanol–water partition coefficient (Wildman–Crippen LogP) is 3.17. The molecule has 1 heterocycles. The Kier molecular flexibility index (Phi) is 5.23. The summed E-state index contributed by atoms with van der Waals surface area (Å²) in [5.41, 5.74) is 0.643. The molecule has 1 fully saturated rings. The summed E-state index contributed by atoms with van der Waals surface area (Å²) in [4.78, 5) is 26.0. The first kappa shape index (κ1) is 15.8. The van der Waals surface area contributed by atoms with Gasteiger partial charge in [-0.3, -0.25) is 9.59 Å². The van der Waals surface area contributed by atoms with Crippen LogP contribution in [0.1, 0.15) is 26.7 Å². The molecule has 0 atom stereocenters. The van der Waals surface area contributed by atoms with Gasteiger partial charge in [-0.1, -0.05) is 37.6 Å². The van der Waals surface area contributed by atoms with Crippen LogP contribution in [0.2, 0.25) is 5.02 Å². The maximum Gasteiger partial charge on any atom is 0.227 e. The fourth-order valence-electron chi connectivity index (χ4n) is 2.52. The van der Waals surface area contributed by atoms with Gasteiger partial charge in [0.25, 0.3) is 0 Å². The summed E-state index contributed by atoms with van der Waals surface area (Å²) in [7, 11) is 0. The van der Waals surface area contributed by atoms with Crippen molar-refractivity contribution in [3.05, 3.63) is 29.3 Å². The topological polar surface area (TPSA) is 49.4 Å². The molecule has 1 aromatic rings. The highest BCUT2D eigenvalue weighted by molar-refractivity contribution is 6.33. The zero-order chi connectivity index (χ0) is 15.4. The van der Waals surface area contributed by atoms with Crippen molar-refractivity contribution in [1.82, 2.24) is 4.90 Å². The third-order valence-electron chi connectivity index (χ3n) is 3.80. The van der Waals surface area contributed by atoms with Gasteiger partial charge in [-0.05, 0) is 25.0 Å². The molecule has 2 rings (SSSR count). The highest BCUT2D eigenvalue weighted by atomic mass is 35.5. The number of carbonyl (C=O) groups excluding carboxylic acids is 2. The minimum absolute atomic E-state index is 0.0125. The van der Waals surface area contributed by atoms with Crippen molar-refractivity contribution in [2.45, 2.75) is 26.7 Å². The molecule has 1 N–H and O–H groups in total. The van der Waals surface area contributed by atoms with Gasteiger partial charge < -0.3 is 10.2 Å². The maximum absolute atomic E-state index is 12.3. The number of hydrogen-bond donors (Lipinski definition) is 1. The zero-order valence-corrected chi connectivity index (χ0v) is 13.2. The molecular weight excluding hydrogens is 288 g/mol. The SMILES string of the molecule is CC(C)C(=O)N1CCC(C(=O)Nc2ccccc2Cl)CC1. The van der Waals surface area contributed by atoms with Crippen LogP contribution in [-0.2, 0) is 9.59 Å². The zero-order valence-electron chi connectivity index (χ0n) is 12.4. The number of hydrogen-bond acceptors (Lipinski definition) is 2. The van der Waals surface area contributed by atoms with Gasteiger partial charge in [0.15, 0.2) is 0 Å². The number of anilines is 1. The van der Waals surface area contributed by atoms with Gasteiger partial charge in [-0.15, -0.1) is 0 Å². The first-order valence-electron chi connectivity index (χ1n) is 7.33. The van der Waals surface area contributed by atoms with E-state index in [4.69, 9.17) is 11.6 Å². The van der Waals surface area contributed by atoms with Crippen molar-refractivity contribution < 1.29 is 9.59 Å². The molecule has 1 aliphatic heterocycles. The lowest BCUT2D eigenvalue weighted by Crippen LogP contribution is -2.43. The lowest BCUT2D eigenvalue weighted by atomic mass is 9.95. The van der Waals surface area contributed by atoms with E-state index in [0.717, 1.165) is 0 Å². The number of amides is 2. The molecule has 0 radical (unpaired) electrons. The second kappa shape index (κ2) is 6.94. The van der Waals surface area contributed by atoms with E-state index in [2.05, 4.69) is 5.32 Å². The average Bonchev–Trinajstić information content (AvgIpc) is 2.49. The Balaban J connectivity index is 1.89. The van der Waals surface area contributed by atoms with Crippen LogP contribution in [0.3, 0.4) is 0 Å². The van der Waals surface area contributed by atoms with Crippen molar-refractivity contribution in [2.75, 3.05) is 18.4 Å². The normalized spacial score (nSPS) is 16.1. The Morgan fingerprint density at radius 3 is 2.43 bits per heavy atom. The molecule has 0 unspecified atom stereocenters. The van der Waals surface area contributed by atoms with Crippen LogP contribution in [-0.4, -0.2) is 29.8 Å². The van der Waals surface area contributed by atoms with E-state index in [1.54, 1.807) is 12.1 Å². The Morgan fingerprint density at radius 2 is 1.86 bits per heavy atom. The number of rotatable bonds is 3. The maximum atomic E-state index is 12.3. The predicted molar refractivity (Wildman–Crippen MR) is 84.2 cm³/mol. The first-order chi connectivity index (χ1) is 9.99. The molecule has 1 saturated heterocycles. The molecule has 1 aromatic carbocycles. The van der Waals surface area contributed by atoms with Crippen LogP contribution >= 0.6 is 11.6 Å². The minimum Gasteiger partial charge on any atom is -0.342 e. The summed E-state index contributed by atoms with van der Waals surface area (Å²) in [6.45, 7) is 5.10.